The molecule has 3 aromatic carbocycles. The van der Waals surface area contributed by atoms with Crippen LogP contribution in [-0.2, 0) is 4.79 Å². The molecule has 0 bridgehead atoms. The summed E-state index contributed by atoms with van der Waals surface area (Å²) in [5, 5.41) is 11.8. The fraction of sp³-hybridized carbons (Fsp3) is 0.323. The third-order valence-electron chi connectivity index (χ3n) is 7.00. The van der Waals surface area contributed by atoms with E-state index >= 15 is 0 Å². The van der Waals surface area contributed by atoms with Crippen molar-refractivity contribution in [1.29, 1.82) is 0 Å². The number of aryl methyl sites for hydroxylation is 1. The summed E-state index contributed by atoms with van der Waals surface area (Å²) in [5.74, 6) is -1.44. The van der Waals surface area contributed by atoms with Crippen molar-refractivity contribution in [3.8, 4) is 5.75 Å². The highest BCUT2D eigenvalue weighted by molar-refractivity contribution is 6.30. The van der Waals surface area contributed by atoms with E-state index in [-0.39, 0.29) is 18.1 Å². The van der Waals surface area contributed by atoms with Crippen molar-refractivity contribution < 1.29 is 32.6 Å². The number of aliphatic imine (C=N–C) groups is 1. The fourth-order valence-electron chi connectivity index (χ4n) is 4.96. The van der Waals surface area contributed by atoms with Crippen molar-refractivity contribution in [2.24, 2.45) is 4.99 Å². The van der Waals surface area contributed by atoms with Gasteiger partial charge in [-0.05, 0) is 61.4 Å². The first-order valence-electron chi connectivity index (χ1n) is 13.8. The lowest BCUT2D eigenvalue weighted by Gasteiger charge is -2.36. The van der Waals surface area contributed by atoms with E-state index in [0.717, 1.165) is 35.3 Å². The van der Waals surface area contributed by atoms with Gasteiger partial charge in [-0.1, -0.05) is 59.1 Å². The average molecular weight is 652 g/mol. The minimum atomic E-state index is -5.08. The zero-order valence-corrected chi connectivity index (χ0v) is 25.5. The van der Waals surface area contributed by atoms with E-state index in [4.69, 9.17) is 42.8 Å². The number of alkyl halides is 3. The van der Waals surface area contributed by atoms with Gasteiger partial charge >= 0.3 is 18.2 Å². The molecule has 2 amide bonds. The normalized spacial score (nSPS) is 18.3. The summed E-state index contributed by atoms with van der Waals surface area (Å²) in [7, 11) is 0. The molecule has 0 aromatic heterocycles. The molecule has 1 saturated heterocycles. The molecule has 0 spiro atoms. The van der Waals surface area contributed by atoms with Gasteiger partial charge in [0.25, 0.3) is 0 Å². The maximum absolute atomic E-state index is 14.3. The topological polar surface area (TPSA) is 94.5 Å². The predicted molar refractivity (Wildman–Crippen MR) is 163 cm³/mol. The van der Waals surface area contributed by atoms with Crippen LogP contribution in [-0.4, -0.2) is 71.7 Å². The molecule has 2 heterocycles. The van der Waals surface area contributed by atoms with Gasteiger partial charge in [0.2, 0.25) is 0 Å². The quantitative estimate of drug-likeness (QED) is 0.313. The van der Waals surface area contributed by atoms with Gasteiger partial charge < -0.3 is 20.1 Å². The molecule has 0 unspecified atom stereocenters. The standard InChI is InChI=1S/C29H30Cl2N4O2.C2HF3O2/c1-3-37-25-13-4-19(2)18-24(25)28-33-26(20-5-9-22(30)10-6-20)27(21-7-11-23(31)12-8-21)35(28)29(36)34-16-14-32-15-17-34;3-2(4,5)1(6)7/h4-13,18,26-27,32H,3,14-17H2,1-2H3;(H,6,7)/t26-,27+;/m1./s1. The van der Waals surface area contributed by atoms with Gasteiger partial charge in [-0.2, -0.15) is 13.2 Å². The summed E-state index contributed by atoms with van der Waals surface area (Å²) in [6.45, 7) is 7.28. The Labute approximate surface area is 263 Å². The Morgan fingerprint density at radius 2 is 1.52 bits per heavy atom. The van der Waals surface area contributed by atoms with Gasteiger partial charge in [0, 0.05) is 36.2 Å². The van der Waals surface area contributed by atoms with E-state index in [2.05, 4.69) is 5.32 Å². The van der Waals surface area contributed by atoms with Crippen molar-refractivity contribution >= 4 is 41.0 Å². The van der Waals surface area contributed by atoms with Crippen molar-refractivity contribution in [3.63, 3.8) is 0 Å². The number of hydrogen-bond acceptors (Lipinski definition) is 5. The minimum Gasteiger partial charge on any atom is -0.493 e. The van der Waals surface area contributed by atoms with Gasteiger partial charge in [-0.3, -0.25) is 9.89 Å². The number of urea groups is 1. The lowest BCUT2D eigenvalue weighted by atomic mass is 9.93. The molecule has 1 fully saturated rings. The number of piperazine rings is 1. The Morgan fingerprint density at radius 3 is 2.05 bits per heavy atom. The number of nitrogens with one attached hydrogen (secondary N) is 1. The van der Waals surface area contributed by atoms with Gasteiger partial charge in [0.1, 0.15) is 17.6 Å². The van der Waals surface area contributed by atoms with Crippen LogP contribution < -0.4 is 10.1 Å². The molecule has 2 N–H and O–H groups in total. The van der Waals surface area contributed by atoms with Gasteiger partial charge in [-0.25, -0.2) is 9.59 Å². The maximum atomic E-state index is 14.3. The number of rotatable bonds is 5. The molecule has 2 atom stereocenters. The highest BCUT2D eigenvalue weighted by Crippen LogP contribution is 2.45. The molecule has 0 aliphatic carbocycles. The molecule has 13 heteroatoms. The predicted octanol–water partition coefficient (Wildman–Crippen LogP) is 6.90. The Bertz CT molecular complexity index is 1500. The van der Waals surface area contributed by atoms with E-state index in [1.807, 2.05) is 90.4 Å². The Balaban J connectivity index is 0.000000566. The molecule has 44 heavy (non-hydrogen) atoms. The minimum absolute atomic E-state index is 0.0689. The first-order chi connectivity index (χ1) is 20.9. The van der Waals surface area contributed by atoms with Crippen molar-refractivity contribution in [2.75, 3.05) is 32.8 Å². The van der Waals surface area contributed by atoms with Crippen LogP contribution in [0.15, 0.2) is 71.7 Å². The number of carbonyl (C=O) groups excluding carboxylic acids is 1. The SMILES string of the molecule is CCOc1ccc(C)cc1C1=N[C@H](c2ccc(Cl)cc2)[C@H](c2ccc(Cl)cc2)N1C(=O)N1CCNCC1.O=C(O)C(F)(F)F. The van der Waals surface area contributed by atoms with Gasteiger partial charge in [0.05, 0.1) is 18.2 Å². The zero-order valence-electron chi connectivity index (χ0n) is 23.9. The fourth-order valence-corrected chi connectivity index (χ4v) is 5.21. The summed E-state index contributed by atoms with van der Waals surface area (Å²) in [6, 6.07) is 20.6. The molecular formula is C31H31Cl2F3N4O4. The summed E-state index contributed by atoms with van der Waals surface area (Å²) >= 11 is 12.5. The molecule has 5 rings (SSSR count). The van der Waals surface area contributed by atoms with Crippen LogP contribution in [0.1, 0.15) is 41.3 Å². The summed E-state index contributed by atoms with van der Waals surface area (Å²) in [6.07, 6.45) is -5.08. The molecule has 0 saturated carbocycles. The largest absolute Gasteiger partial charge is 0.493 e. The summed E-state index contributed by atoms with van der Waals surface area (Å²) in [4.78, 5) is 32.2. The van der Waals surface area contributed by atoms with Crippen LogP contribution in [0, 0.1) is 6.92 Å². The number of hydrogen-bond donors (Lipinski definition) is 2. The number of amidine groups is 1. The number of halogens is 5. The summed E-state index contributed by atoms with van der Waals surface area (Å²) in [5.41, 5.74) is 3.80. The second-order valence-electron chi connectivity index (χ2n) is 10.1. The van der Waals surface area contributed by atoms with Crippen LogP contribution in [0.25, 0.3) is 0 Å². The Morgan fingerprint density at radius 1 is 0.977 bits per heavy atom. The molecule has 2 aliphatic heterocycles. The first-order valence-corrected chi connectivity index (χ1v) is 14.6. The first kappa shape index (κ1) is 33.1. The number of ether oxygens (including phenoxy) is 1. The molecule has 0 radical (unpaired) electrons. The van der Waals surface area contributed by atoms with Crippen LogP contribution in [0.3, 0.4) is 0 Å². The van der Waals surface area contributed by atoms with Crippen LogP contribution in [0.5, 0.6) is 5.75 Å². The second-order valence-corrected chi connectivity index (χ2v) is 10.9. The van der Waals surface area contributed by atoms with Gasteiger partial charge in [-0.15, -0.1) is 0 Å². The van der Waals surface area contributed by atoms with Crippen molar-refractivity contribution in [2.45, 2.75) is 32.1 Å². The van der Waals surface area contributed by atoms with E-state index in [0.29, 0.717) is 41.3 Å². The number of aliphatic carboxylic acids is 1. The van der Waals surface area contributed by atoms with Crippen LogP contribution in [0.2, 0.25) is 10.0 Å². The van der Waals surface area contributed by atoms with E-state index in [9.17, 15) is 18.0 Å². The average Bonchev–Trinajstić information content (AvgIpc) is 3.39. The number of carbonyl (C=O) groups is 2. The molecule has 234 valence electrons. The van der Waals surface area contributed by atoms with Crippen molar-refractivity contribution in [3.05, 3.63) is 99.0 Å². The highest BCUT2D eigenvalue weighted by Gasteiger charge is 2.44. The number of carboxylic acid groups (broad SMARTS) is 1. The molecular weight excluding hydrogens is 620 g/mol. The molecule has 2 aliphatic rings. The monoisotopic (exact) mass is 650 g/mol. The van der Waals surface area contributed by atoms with Crippen LogP contribution >= 0.6 is 23.2 Å². The van der Waals surface area contributed by atoms with E-state index < -0.39 is 12.1 Å². The zero-order chi connectivity index (χ0) is 32.0. The van der Waals surface area contributed by atoms with Gasteiger partial charge in [0.15, 0.2) is 0 Å². The van der Waals surface area contributed by atoms with Crippen LogP contribution in [0.4, 0.5) is 18.0 Å². The molecule has 8 nitrogen and oxygen atoms in total. The number of benzene rings is 3. The van der Waals surface area contributed by atoms with E-state index in [1.165, 1.54) is 0 Å². The molecule has 3 aromatic rings. The Hall–Kier alpha value is -3.80. The number of carboxylic acids is 1. The Kier molecular flexibility index (Phi) is 10.8. The lowest BCUT2D eigenvalue weighted by molar-refractivity contribution is -0.192. The smallest absolute Gasteiger partial charge is 0.490 e. The van der Waals surface area contributed by atoms with Crippen molar-refractivity contribution in [1.82, 2.24) is 15.1 Å². The second kappa shape index (κ2) is 14.3. The maximum Gasteiger partial charge on any atom is 0.490 e. The number of amides is 2. The van der Waals surface area contributed by atoms with E-state index in [1.54, 1.807) is 0 Å². The summed E-state index contributed by atoms with van der Waals surface area (Å²) < 4.78 is 37.8. The lowest BCUT2D eigenvalue weighted by Crippen LogP contribution is -2.53. The number of nitrogens with zero attached hydrogens (tertiary/aromatic N) is 3. The third kappa shape index (κ3) is 7.82. The third-order valence-corrected chi connectivity index (χ3v) is 7.51. The highest BCUT2D eigenvalue weighted by atomic mass is 35.5.